The summed E-state index contributed by atoms with van der Waals surface area (Å²) >= 11 is 0. The maximum absolute atomic E-state index is 3.65. The maximum Gasteiger partial charge on any atom is 0.00978 e. The molecule has 11 heavy (non-hydrogen) atoms. The van der Waals surface area contributed by atoms with E-state index < -0.39 is 0 Å². The predicted octanol–water partition coefficient (Wildman–Crippen LogP) is 2.17. The molecule has 1 heteroatoms. The van der Waals surface area contributed by atoms with Crippen molar-refractivity contribution in [1.29, 1.82) is 0 Å². The van der Waals surface area contributed by atoms with Gasteiger partial charge in [-0.2, -0.15) is 0 Å². The molecule has 64 valence electrons. The zero-order valence-corrected chi connectivity index (χ0v) is 7.47. The Morgan fingerprint density at radius 3 is 2.73 bits per heavy atom. The Bertz CT molecular complexity index is 131. The zero-order chi connectivity index (χ0) is 7.68. The van der Waals surface area contributed by atoms with Gasteiger partial charge in [0.05, 0.1) is 0 Å². The maximum atomic E-state index is 3.65. The van der Waals surface area contributed by atoms with Gasteiger partial charge in [0.1, 0.15) is 0 Å². The smallest absolute Gasteiger partial charge is 0.00978 e. The van der Waals surface area contributed by atoms with Crippen LogP contribution in [0, 0.1) is 11.8 Å². The van der Waals surface area contributed by atoms with Gasteiger partial charge < -0.3 is 5.32 Å². The predicted molar refractivity (Wildman–Crippen MR) is 47.5 cm³/mol. The largest absolute Gasteiger partial charge is 0.314 e. The topological polar surface area (TPSA) is 12.0 Å². The van der Waals surface area contributed by atoms with Crippen LogP contribution >= 0.6 is 0 Å². The Hall–Kier alpha value is -0.0400. The Kier molecular flexibility index (Phi) is 2.17. The van der Waals surface area contributed by atoms with Crippen molar-refractivity contribution in [3.8, 4) is 0 Å². The lowest BCUT2D eigenvalue weighted by molar-refractivity contribution is 0.151. The van der Waals surface area contributed by atoms with Crippen LogP contribution in [0.3, 0.4) is 0 Å². The number of rotatable bonds is 0. The van der Waals surface area contributed by atoms with Crippen LogP contribution < -0.4 is 5.32 Å². The molecule has 1 heterocycles. The Labute approximate surface area is 69.6 Å². The van der Waals surface area contributed by atoms with Crippen LogP contribution in [0.15, 0.2) is 0 Å². The highest BCUT2D eigenvalue weighted by Crippen LogP contribution is 2.34. The second kappa shape index (κ2) is 3.14. The van der Waals surface area contributed by atoms with Gasteiger partial charge in [-0.05, 0) is 37.6 Å². The molecular formula is C10H19N. The molecule has 0 aromatic carbocycles. The lowest BCUT2D eigenvalue weighted by Crippen LogP contribution is -2.46. The Morgan fingerprint density at radius 1 is 1.09 bits per heavy atom. The first-order valence-electron chi connectivity index (χ1n) is 5.11. The van der Waals surface area contributed by atoms with E-state index in [0.29, 0.717) is 0 Å². The fourth-order valence-corrected chi connectivity index (χ4v) is 2.80. The summed E-state index contributed by atoms with van der Waals surface area (Å²) in [6.07, 6.45) is 7.27. The molecular weight excluding hydrogens is 134 g/mol. The number of piperidine rings is 1. The third kappa shape index (κ3) is 1.44. The lowest BCUT2D eigenvalue weighted by Gasteiger charge is -2.40. The molecule has 1 nitrogen and oxygen atoms in total. The van der Waals surface area contributed by atoms with E-state index in [4.69, 9.17) is 0 Å². The van der Waals surface area contributed by atoms with Gasteiger partial charge in [0.2, 0.25) is 0 Å². The van der Waals surface area contributed by atoms with Crippen molar-refractivity contribution in [3.05, 3.63) is 0 Å². The van der Waals surface area contributed by atoms with Gasteiger partial charge in [0.15, 0.2) is 0 Å². The SMILES string of the molecule is C[C@H]1CCNC2CCCCC21. The summed E-state index contributed by atoms with van der Waals surface area (Å²) in [4.78, 5) is 0. The van der Waals surface area contributed by atoms with Gasteiger partial charge in [-0.3, -0.25) is 0 Å². The minimum Gasteiger partial charge on any atom is -0.314 e. The van der Waals surface area contributed by atoms with Gasteiger partial charge >= 0.3 is 0 Å². The van der Waals surface area contributed by atoms with E-state index in [-0.39, 0.29) is 0 Å². The first kappa shape index (κ1) is 7.60. The minimum absolute atomic E-state index is 0.882. The monoisotopic (exact) mass is 153 g/mol. The van der Waals surface area contributed by atoms with Gasteiger partial charge in [-0.15, -0.1) is 0 Å². The summed E-state index contributed by atoms with van der Waals surface area (Å²) in [7, 11) is 0. The number of fused-ring (bicyclic) bond motifs is 1. The number of hydrogen-bond donors (Lipinski definition) is 1. The van der Waals surface area contributed by atoms with E-state index in [9.17, 15) is 0 Å². The molecule has 2 unspecified atom stereocenters. The summed E-state index contributed by atoms with van der Waals surface area (Å²) in [5, 5.41) is 3.65. The normalized spacial score (nSPS) is 45.0. The molecule has 0 aromatic heterocycles. The second-order valence-corrected chi connectivity index (χ2v) is 4.27. The number of hydrogen-bond acceptors (Lipinski definition) is 1. The molecule has 1 aliphatic heterocycles. The standard InChI is InChI=1S/C10H19N/c1-8-6-7-11-10-5-3-2-4-9(8)10/h8-11H,2-7H2,1H3/t8-,9?,10?/m0/s1. The van der Waals surface area contributed by atoms with Crippen molar-refractivity contribution in [2.45, 2.75) is 45.1 Å². The summed E-state index contributed by atoms with van der Waals surface area (Å²) in [6, 6.07) is 0.882. The van der Waals surface area contributed by atoms with Crippen LogP contribution in [0.25, 0.3) is 0 Å². The van der Waals surface area contributed by atoms with Crippen molar-refractivity contribution in [2.24, 2.45) is 11.8 Å². The zero-order valence-electron chi connectivity index (χ0n) is 7.47. The van der Waals surface area contributed by atoms with E-state index in [1.165, 1.54) is 38.6 Å². The second-order valence-electron chi connectivity index (χ2n) is 4.27. The van der Waals surface area contributed by atoms with Crippen LogP contribution in [0.4, 0.5) is 0 Å². The first-order chi connectivity index (χ1) is 5.38. The van der Waals surface area contributed by atoms with Crippen molar-refractivity contribution in [1.82, 2.24) is 5.32 Å². The molecule has 1 aliphatic carbocycles. The van der Waals surface area contributed by atoms with E-state index >= 15 is 0 Å². The van der Waals surface area contributed by atoms with Crippen molar-refractivity contribution >= 4 is 0 Å². The molecule has 0 aromatic rings. The molecule has 0 spiro atoms. The highest BCUT2D eigenvalue weighted by atomic mass is 14.9. The molecule has 3 atom stereocenters. The average molecular weight is 153 g/mol. The van der Waals surface area contributed by atoms with E-state index in [0.717, 1.165) is 17.9 Å². The van der Waals surface area contributed by atoms with Gasteiger partial charge in [-0.25, -0.2) is 0 Å². The van der Waals surface area contributed by atoms with Gasteiger partial charge in [-0.1, -0.05) is 19.8 Å². The molecule has 2 rings (SSSR count). The third-order valence-corrected chi connectivity index (χ3v) is 3.56. The molecule has 1 saturated carbocycles. The fourth-order valence-electron chi connectivity index (χ4n) is 2.80. The van der Waals surface area contributed by atoms with Crippen LogP contribution in [0.1, 0.15) is 39.0 Å². The van der Waals surface area contributed by atoms with Crippen molar-refractivity contribution in [2.75, 3.05) is 6.54 Å². The van der Waals surface area contributed by atoms with E-state index in [1.807, 2.05) is 0 Å². The van der Waals surface area contributed by atoms with Crippen LogP contribution in [0.5, 0.6) is 0 Å². The lowest BCUT2D eigenvalue weighted by atomic mass is 9.74. The number of nitrogens with one attached hydrogen (secondary N) is 1. The minimum atomic E-state index is 0.882. The molecule has 2 aliphatic rings. The molecule has 0 radical (unpaired) electrons. The third-order valence-electron chi connectivity index (χ3n) is 3.56. The first-order valence-corrected chi connectivity index (χ1v) is 5.11. The summed E-state index contributed by atoms with van der Waals surface area (Å²) in [5.74, 6) is 2.00. The molecule has 1 N–H and O–H groups in total. The van der Waals surface area contributed by atoms with Crippen molar-refractivity contribution < 1.29 is 0 Å². The van der Waals surface area contributed by atoms with Crippen molar-refractivity contribution in [3.63, 3.8) is 0 Å². The summed E-state index contributed by atoms with van der Waals surface area (Å²) in [5.41, 5.74) is 0. The molecule has 0 amide bonds. The molecule has 2 fully saturated rings. The van der Waals surface area contributed by atoms with Crippen LogP contribution in [0.2, 0.25) is 0 Å². The van der Waals surface area contributed by atoms with E-state index in [1.54, 1.807) is 0 Å². The summed E-state index contributed by atoms with van der Waals surface area (Å²) in [6.45, 7) is 3.70. The average Bonchev–Trinajstić information content (AvgIpc) is 2.06. The highest BCUT2D eigenvalue weighted by Gasteiger charge is 2.31. The van der Waals surface area contributed by atoms with Crippen LogP contribution in [-0.2, 0) is 0 Å². The summed E-state index contributed by atoms with van der Waals surface area (Å²) < 4.78 is 0. The molecule has 0 bridgehead atoms. The fraction of sp³-hybridized carbons (Fsp3) is 1.00. The van der Waals surface area contributed by atoms with Gasteiger partial charge in [0.25, 0.3) is 0 Å². The Morgan fingerprint density at radius 2 is 1.91 bits per heavy atom. The molecule has 1 saturated heterocycles. The Balaban J connectivity index is 1.99. The quantitative estimate of drug-likeness (QED) is 0.562. The van der Waals surface area contributed by atoms with Crippen LogP contribution in [-0.4, -0.2) is 12.6 Å². The van der Waals surface area contributed by atoms with E-state index in [2.05, 4.69) is 12.2 Å². The van der Waals surface area contributed by atoms with Gasteiger partial charge in [0, 0.05) is 6.04 Å². The highest BCUT2D eigenvalue weighted by molar-refractivity contribution is 4.87.